The first-order chi connectivity index (χ1) is 12.3. The molecular weight excluding hydrogens is 314 g/mol. The number of nitrogens with zero attached hydrogens (tertiary/aromatic N) is 4. The summed E-state index contributed by atoms with van der Waals surface area (Å²) in [5.41, 5.74) is 0.826. The predicted molar refractivity (Wildman–Crippen MR) is 102 cm³/mol. The van der Waals surface area contributed by atoms with Crippen molar-refractivity contribution in [2.24, 2.45) is 0 Å². The quantitative estimate of drug-likeness (QED) is 0.825. The summed E-state index contributed by atoms with van der Waals surface area (Å²) in [5, 5.41) is 3.09. The molecule has 6 heteroatoms. The molecule has 0 radical (unpaired) electrons. The van der Waals surface area contributed by atoms with Crippen LogP contribution < -0.4 is 10.2 Å². The summed E-state index contributed by atoms with van der Waals surface area (Å²) in [6, 6.07) is 3.83. The zero-order valence-corrected chi connectivity index (χ0v) is 15.4. The second kappa shape index (κ2) is 9.04. The van der Waals surface area contributed by atoms with Gasteiger partial charge in [-0.25, -0.2) is 9.78 Å². The van der Waals surface area contributed by atoms with E-state index in [1.807, 2.05) is 24.0 Å². The molecule has 6 nitrogen and oxygen atoms in total. The minimum atomic E-state index is -0.0163. The maximum absolute atomic E-state index is 12.7. The van der Waals surface area contributed by atoms with Gasteiger partial charge in [-0.3, -0.25) is 0 Å². The normalized spacial score (nSPS) is 17.9. The Morgan fingerprint density at radius 3 is 2.64 bits per heavy atom. The minimum Gasteiger partial charge on any atom is -0.355 e. The highest BCUT2D eigenvalue weighted by molar-refractivity contribution is 5.92. The summed E-state index contributed by atoms with van der Waals surface area (Å²) in [5.74, 6) is 0.904. The first-order valence-electron chi connectivity index (χ1n) is 9.76. The van der Waals surface area contributed by atoms with E-state index in [4.69, 9.17) is 0 Å². The smallest absolute Gasteiger partial charge is 0.321 e. The van der Waals surface area contributed by atoms with Crippen LogP contribution in [-0.4, -0.2) is 66.6 Å². The van der Waals surface area contributed by atoms with Gasteiger partial charge in [-0.2, -0.15) is 0 Å². The molecule has 0 saturated carbocycles. The molecule has 0 bridgehead atoms. The third-order valence-electron chi connectivity index (χ3n) is 5.20. The molecule has 0 aromatic carbocycles. The lowest BCUT2D eigenvalue weighted by atomic mass is 10.3. The van der Waals surface area contributed by atoms with Gasteiger partial charge < -0.3 is 20.0 Å². The van der Waals surface area contributed by atoms with Gasteiger partial charge in [-0.15, -0.1) is 0 Å². The molecule has 0 atom stereocenters. The van der Waals surface area contributed by atoms with Crippen molar-refractivity contribution in [2.75, 3.05) is 56.0 Å². The lowest BCUT2D eigenvalue weighted by Gasteiger charge is -2.25. The average molecular weight is 345 g/mol. The van der Waals surface area contributed by atoms with E-state index < -0.39 is 0 Å². The lowest BCUT2D eigenvalue weighted by Crippen LogP contribution is -2.37. The zero-order valence-electron chi connectivity index (χ0n) is 15.4. The van der Waals surface area contributed by atoms with Crippen LogP contribution in [-0.2, 0) is 0 Å². The number of aromatic nitrogens is 1. The van der Waals surface area contributed by atoms with Gasteiger partial charge in [0.05, 0.1) is 5.69 Å². The highest BCUT2D eigenvalue weighted by Crippen LogP contribution is 2.26. The van der Waals surface area contributed by atoms with E-state index in [1.165, 1.54) is 38.8 Å². The Balaban J connectivity index is 1.54. The summed E-state index contributed by atoms with van der Waals surface area (Å²) in [6.07, 6.45) is 7.86. The summed E-state index contributed by atoms with van der Waals surface area (Å²) in [6.45, 7) is 9.14. The fourth-order valence-electron chi connectivity index (χ4n) is 3.76. The van der Waals surface area contributed by atoms with Gasteiger partial charge in [0.1, 0.15) is 0 Å². The van der Waals surface area contributed by atoms with Gasteiger partial charge in [0.2, 0.25) is 0 Å². The number of hydrogen-bond acceptors (Lipinski definition) is 4. The number of likely N-dealkylation sites (tertiary alicyclic amines) is 1. The van der Waals surface area contributed by atoms with Crippen LogP contribution in [0, 0.1) is 0 Å². The number of nitrogens with one attached hydrogen (secondary N) is 1. The van der Waals surface area contributed by atoms with E-state index in [1.54, 1.807) is 6.20 Å². The Kier molecular flexibility index (Phi) is 6.50. The van der Waals surface area contributed by atoms with Gasteiger partial charge in [0, 0.05) is 32.4 Å². The number of carbonyl (C=O) groups excluding carboxylic acids is 1. The van der Waals surface area contributed by atoms with Crippen LogP contribution in [0.25, 0.3) is 0 Å². The molecule has 2 saturated heterocycles. The average Bonchev–Trinajstić information content (AvgIpc) is 3.33. The van der Waals surface area contributed by atoms with Gasteiger partial charge in [0.25, 0.3) is 0 Å². The fourth-order valence-corrected chi connectivity index (χ4v) is 3.76. The molecule has 2 aliphatic heterocycles. The van der Waals surface area contributed by atoms with Crippen LogP contribution in [0.3, 0.4) is 0 Å². The molecule has 3 heterocycles. The SMILES string of the molecule is CCN(CCCN1CCCC1)C(=O)Nc1cccnc1N1CCCC1. The van der Waals surface area contributed by atoms with Crippen molar-refractivity contribution in [3.8, 4) is 0 Å². The lowest BCUT2D eigenvalue weighted by molar-refractivity contribution is 0.210. The van der Waals surface area contributed by atoms with Gasteiger partial charge in [-0.05, 0) is 70.8 Å². The third-order valence-corrected chi connectivity index (χ3v) is 5.20. The van der Waals surface area contributed by atoms with Crippen molar-refractivity contribution >= 4 is 17.5 Å². The number of carbonyl (C=O) groups is 1. The molecule has 1 aromatic heterocycles. The van der Waals surface area contributed by atoms with Crippen LogP contribution in [0.15, 0.2) is 18.3 Å². The number of rotatable bonds is 7. The van der Waals surface area contributed by atoms with Crippen molar-refractivity contribution in [3.63, 3.8) is 0 Å². The Bertz CT molecular complexity index is 553. The maximum Gasteiger partial charge on any atom is 0.321 e. The largest absolute Gasteiger partial charge is 0.355 e. The maximum atomic E-state index is 12.7. The summed E-state index contributed by atoms with van der Waals surface area (Å²) in [7, 11) is 0. The van der Waals surface area contributed by atoms with Crippen LogP contribution in [0.4, 0.5) is 16.3 Å². The molecule has 3 rings (SSSR count). The van der Waals surface area contributed by atoms with Crippen LogP contribution in [0.1, 0.15) is 39.0 Å². The summed E-state index contributed by atoms with van der Waals surface area (Å²) in [4.78, 5) is 23.9. The minimum absolute atomic E-state index is 0.0163. The van der Waals surface area contributed by atoms with Crippen molar-refractivity contribution in [1.29, 1.82) is 0 Å². The molecule has 0 aliphatic carbocycles. The van der Waals surface area contributed by atoms with Crippen molar-refractivity contribution in [3.05, 3.63) is 18.3 Å². The molecule has 0 unspecified atom stereocenters. The van der Waals surface area contributed by atoms with E-state index in [2.05, 4.69) is 20.1 Å². The Morgan fingerprint density at radius 2 is 1.92 bits per heavy atom. The van der Waals surface area contributed by atoms with Crippen LogP contribution in [0.5, 0.6) is 0 Å². The molecule has 2 amide bonds. The standard InChI is InChI=1S/C19H31N5O/c1-2-23(16-8-13-22-11-3-4-12-22)19(25)21-17-9-7-10-20-18(17)24-14-5-6-15-24/h7,9-10H,2-6,8,11-16H2,1H3,(H,21,25). The molecule has 25 heavy (non-hydrogen) atoms. The van der Waals surface area contributed by atoms with E-state index in [0.29, 0.717) is 0 Å². The van der Waals surface area contributed by atoms with Crippen molar-refractivity contribution < 1.29 is 4.79 Å². The Hall–Kier alpha value is -1.82. The number of amides is 2. The van der Waals surface area contributed by atoms with Gasteiger partial charge in [0.15, 0.2) is 5.82 Å². The van der Waals surface area contributed by atoms with E-state index in [-0.39, 0.29) is 6.03 Å². The molecule has 1 N–H and O–H groups in total. The third kappa shape index (κ3) is 4.84. The van der Waals surface area contributed by atoms with Crippen LogP contribution in [0.2, 0.25) is 0 Å². The van der Waals surface area contributed by atoms with E-state index in [9.17, 15) is 4.79 Å². The summed E-state index contributed by atoms with van der Waals surface area (Å²) < 4.78 is 0. The number of urea groups is 1. The highest BCUT2D eigenvalue weighted by Gasteiger charge is 2.20. The number of hydrogen-bond donors (Lipinski definition) is 1. The zero-order chi connectivity index (χ0) is 17.5. The second-order valence-electron chi connectivity index (χ2n) is 6.98. The number of pyridine rings is 1. The van der Waals surface area contributed by atoms with Crippen LogP contribution >= 0.6 is 0 Å². The topological polar surface area (TPSA) is 51.7 Å². The molecule has 1 aromatic rings. The predicted octanol–water partition coefficient (Wildman–Crippen LogP) is 3.02. The molecular formula is C19H31N5O. The molecule has 138 valence electrons. The Labute approximate surface area is 151 Å². The first kappa shape index (κ1) is 18.0. The van der Waals surface area contributed by atoms with E-state index in [0.717, 1.165) is 50.6 Å². The second-order valence-corrected chi connectivity index (χ2v) is 6.98. The highest BCUT2D eigenvalue weighted by atomic mass is 16.2. The first-order valence-corrected chi connectivity index (χ1v) is 9.76. The van der Waals surface area contributed by atoms with Gasteiger partial charge in [-0.1, -0.05) is 0 Å². The van der Waals surface area contributed by atoms with Gasteiger partial charge >= 0.3 is 6.03 Å². The van der Waals surface area contributed by atoms with Crippen molar-refractivity contribution in [2.45, 2.75) is 39.0 Å². The monoisotopic (exact) mass is 345 g/mol. The molecule has 2 aliphatic rings. The summed E-state index contributed by atoms with van der Waals surface area (Å²) >= 11 is 0. The molecule has 0 spiro atoms. The molecule has 2 fully saturated rings. The Morgan fingerprint density at radius 1 is 1.20 bits per heavy atom. The van der Waals surface area contributed by atoms with Crippen molar-refractivity contribution in [1.82, 2.24) is 14.8 Å². The number of anilines is 2. The fraction of sp³-hybridized carbons (Fsp3) is 0.684. The van der Waals surface area contributed by atoms with E-state index >= 15 is 0 Å².